The SMILES string of the molecule is O=C1Nc2cccc(n2)-c2nncn2CCCCOc2cc(F)c(F)cc21. The predicted octanol–water partition coefficient (Wildman–Crippen LogP) is 3.04. The molecular formula is C18H15F2N5O2. The Bertz CT molecular complexity index is 1010. The number of anilines is 1. The highest BCUT2D eigenvalue weighted by atomic mass is 19.2. The molecule has 9 heteroatoms. The number of pyridine rings is 1. The molecule has 0 aliphatic carbocycles. The summed E-state index contributed by atoms with van der Waals surface area (Å²) in [6, 6.07) is 6.78. The van der Waals surface area contributed by atoms with Crippen LogP contribution in [0.25, 0.3) is 11.5 Å². The molecule has 0 fully saturated rings. The molecule has 0 radical (unpaired) electrons. The van der Waals surface area contributed by atoms with E-state index in [1.54, 1.807) is 24.5 Å². The smallest absolute Gasteiger partial charge is 0.260 e. The van der Waals surface area contributed by atoms with E-state index in [9.17, 15) is 13.6 Å². The van der Waals surface area contributed by atoms with Gasteiger partial charge in [-0.25, -0.2) is 13.8 Å². The van der Waals surface area contributed by atoms with Gasteiger partial charge >= 0.3 is 0 Å². The fourth-order valence-corrected chi connectivity index (χ4v) is 2.82. The number of fused-ring (bicyclic) bond motifs is 5. The molecule has 3 aromatic rings. The van der Waals surface area contributed by atoms with Gasteiger partial charge in [0.15, 0.2) is 17.5 Å². The number of carbonyl (C=O) groups is 1. The van der Waals surface area contributed by atoms with E-state index in [0.29, 0.717) is 24.5 Å². The monoisotopic (exact) mass is 371 g/mol. The van der Waals surface area contributed by atoms with Crippen molar-refractivity contribution in [2.75, 3.05) is 11.9 Å². The van der Waals surface area contributed by atoms with Crippen LogP contribution in [0, 0.1) is 11.6 Å². The molecule has 0 saturated heterocycles. The van der Waals surface area contributed by atoms with Crippen LogP contribution in [0.2, 0.25) is 0 Å². The highest BCUT2D eigenvalue weighted by molar-refractivity contribution is 6.05. The number of nitrogens with one attached hydrogen (secondary N) is 1. The Morgan fingerprint density at radius 3 is 2.89 bits per heavy atom. The summed E-state index contributed by atoms with van der Waals surface area (Å²) < 4.78 is 34.7. The number of ether oxygens (including phenoxy) is 1. The zero-order valence-corrected chi connectivity index (χ0v) is 14.2. The van der Waals surface area contributed by atoms with Crippen LogP contribution in [0.5, 0.6) is 5.75 Å². The van der Waals surface area contributed by atoms with Crippen LogP contribution in [-0.2, 0) is 6.54 Å². The van der Waals surface area contributed by atoms with E-state index in [2.05, 4.69) is 20.5 Å². The lowest BCUT2D eigenvalue weighted by atomic mass is 10.1. The minimum absolute atomic E-state index is 0.00963. The Kier molecular flexibility index (Phi) is 4.49. The Balaban J connectivity index is 1.75. The molecule has 0 atom stereocenters. The van der Waals surface area contributed by atoms with Crippen molar-refractivity contribution in [3.8, 4) is 17.3 Å². The van der Waals surface area contributed by atoms with Crippen molar-refractivity contribution in [1.82, 2.24) is 19.7 Å². The van der Waals surface area contributed by atoms with Gasteiger partial charge in [-0.2, -0.15) is 0 Å². The van der Waals surface area contributed by atoms with Gasteiger partial charge in [-0.15, -0.1) is 10.2 Å². The lowest BCUT2D eigenvalue weighted by Gasteiger charge is -2.14. The molecule has 3 heterocycles. The summed E-state index contributed by atoms with van der Waals surface area (Å²) >= 11 is 0. The van der Waals surface area contributed by atoms with Crippen LogP contribution in [0.4, 0.5) is 14.6 Å². The van der Waals surface area contributed by atoms with E-state index in [4.69, 9.17) is 4.74 Å². The molecule has 1 aliphatic heterocycles. The van der Waals surface area contributed by atoms with Crippen molar-refractivity contribution in [2.45, 2.75) is 19.4 Å². The van der Waals surface area contributed by atoms with Gasteiger partial charge in [-0.3, -0.25) is 4.79 Å². The fraction of sp³-hybridized carbons (Fsp3) is 0.222. The normalized spacial score (nSPS) is 14.4. The third-order valence-electron chi connectivity index (χ3n) is 4.15. The zero-order valence-electron chi connectivity index (χ0n) is 14.2. The minimum Gasteiger partial charge on any atom is -0.493 e. The largest absolute Gasteiger partial charge is 0.493 e. The van der Waals surface area contributed by atoms with Gasteiger partial charge in [0, 0.05) is 12.6 Å². The van der Waals surface area contributed by atoms with Crippen molar-refractivity contribution in [1.29, 1.82) is 0 Å². The average Bonchev–Trinajstić information content (AvgIpc) is 3.12. The molecule has 2 bridgehead atoms. The summed E-state index contributed by atoms with van der Waals surface area (Å²) in [5.74, 6) is -2.02. The molecular weight excluding hydrogens is 356 g/mol. The van der Waals surface area contributed by atoms with Crippen molar-refractivity contribution in [3.05, 3.63) is 53.9 Å². The molecule has 1 amide bonds. The average molecular weight is 371 g/mol. The molecule has 0 spiro atoms. The molecule has 7 nitrogen and oxygen atoms in total. The number of halogens is 2. The first kappa shape index (κ1) is 17.1. The molecule has 27 heavy (non-hydrogen) atoms. The van der Waals surface area contributed by atoms with Crippen LogP contribution < -0.4 is 10.1 Å². The molecule has 1 N–H and O–H groups in total. The summed E-state index contributed by atoms with van der Waals surface area (Å²) in [5.41, 5.74) is 0.449. The van der Waals surface area contributed by atoms with E-state index in [0.717, 1.165) is 18.6 Å². The third-order valence-corrected chi connectivity index (χ3v) is 4.15. The summed E-state index contributed by atoms with van der Waals surface area (Å²) in [7, 11) is 0. The molecule has 4 rings (SSSR count). The number of rotatable bonds is 0. The standard InChI is InChI=1S/C18H15F2N5O2/c19-12-8-11-15(9-13(12)20)27-7-2-1-6-25-10-21-24-17(25)14-4-3-5-16(22-14)23-18(11)26/h3-5,8-10H,1-2,6-7H2,(H,22,23,26). The first-order chi connectivity index (χ1) is 13.1. The van der Waals surface area contributed by atoms with Gasteiger partial charge in [0.1, 0.15) is 23.6 Å². The number of amides is 1. The number of aryl methyl sites for hydroxylation is 1. The summed E-state index contributed by atoms with van der Waals surface area (Å²) in [6.45, 7) is 0.904. The fourth-order valence-electron chi connectivity index (χ4n) is 2.82. The molecule has 1 aromatic carbocycles. The van der Waals surface area contributed by atoms with Gasteiger partial charge in [-0.05, 0) is 31.0 Å². The summed E-state index contributed by atoms with van der Waals surface area (Å²) in [5, 5.41) is 10.6. The topological polar surface area (TPSA) is 81.9 Å². The van der Waals surface area contributed by atoms with Crippen molar-refractivity contribution in [2.24, 2.45) is 0 Å². The summed E-state index contributed by atoms with van der Waals surface area (Å²) in [4.78, 5) is 17.0. The van der Waals surface area contributed by atoms with Gasteiger partial charge < -0.3 is 14.6 Å². The van der Waals surface area contributed by atoms with Crippen molar-refractivity contribution in [3.63, 3.8) is 0 Å². The highest BCUT2D eigenvalue weighted by Crippen LogP contribution is 2.25. The van der Waals surface area contributed by atoms with E-state index in [-0.39, 0.29) is 23.7 Å². The van der Waals surface area contributed by atoms with Crippen LogP contribution >= 0.6 is 0 Å². The molecule has 1 aliphatic rings. The maximum absolute atomic E-state index is 13.7. The number of carbonyl (C=O) groups excluding carboxylic acids is 1. The van der Waals surface area contributed by atoms with Crippen LogP contribution in [0.3, 0.4) is 0 Å². The maximum atomic E-state index is 13.7. The zero-order chi connectivity index (χ0) is 18.8. The van der Waals surface area contributed by atoms with E-state index >= 15 is 0 Å². The Labute approximate surface area is 153 Å². The lowest BCUT2D eigenvalue weighted by Crippen LogP contribution is -2.16. The van der Waals surface area contributed by atoms with Crippen LogP contribution in [-0.4, -0.2) is 32.3 Å². The predicted molar refractivity (Wildman–Crippen MR) is 92.3 cm³/mol. The Hall–Kier alpha value is -3.36. The number of benzene rings is 1. The van der Waals surface area contributed by atoms with E-state index in [1.807, 2.05) is 4.57 Å². The van der Waals surface area contributed by atoms with Crippen molar-refractivity contribution >= 4 is 11.7 Å². The van der Waals surface area contributed by atoms with Gasteiger partial charge in [0.2, 0.25) is 0 Å². The van der Waals surface area contributed by atoms with Crippen molar-refractivity contribution < 1.29 is 18.3 Å². The van der Waals surface area contributed by atoms with E-state index < -0.39 is 17.5 Å². The number of hydrogen-bond acceptors (Lipinski definition) is 5. The highest BCUT2D eigenvalue weighted by Gasteiger charge is 2.19. The second-order valence-corrected chi connectivity index (χ2v) is 6.03. The minimum atomic E-state index is -1.12. The van der Waals surface area contributed by atoms with Crippen LogP contribution in [0.1, 0.15) is 23.2 Å². The molecule has 2 aromatic heterocycles. The molecule has 0 unspecified atom stereocenters. The van der Waals surface area contributed by atoms with Gasteiger partial charge in [-0.1, -0.05) is 6.07 Å². The molecule has 138 valence electrons. The quantitative estimate of drug-likeness (QED) is 0.657. The number of nitrogens with zero attached hydrogens (tertiary/aromatic N) is 4. The molecule has 0 saturated carbocycles. The first-order valence-electron chi connectivity index (χ1n) is 8.40. The second-order valence-electron chi connectivity index (χ2n) is 6.03. The van der Waals surface area contributed by atoms with Gasteiger partial charge in [0.05, 0.1) is 12.2 Å². The maximum Gasteiger partial charge on any atom is 0.260 e. The Morgan fingerprint density at radius 1 is 1.15 bits per heavy atom. The number of aromatic nitrogens is 4. The van der Waals surface area contributed by atoms with E-state index in [1.165, 1.54) is 0 Å². The van der Waals surface area contributed by atoms with Gasteiger partial charge in [0.25, 0.3) is 5.91 Å². The summed E-state index contributed by atoms with van der Waals surface area (Å²) in [6.07, 6.45) is 3.00. The Morgan fingerprint density at radius 2 is 2.00 bits per heavy atom. The first-order valence-corrected chi connectivity index (χ1v) is 8.40. The number of hydrogen-bond donors (Lipinski definition) is 1. The van der Waals surface area contributed by atoms with Crippen LogP contribution in [0.15, 0.2) is 36.7 Å². The third kappa shape index (κ3) is 3.48. The lowest BCUT2D eigenvalue weighted by molar-refractivity contribution is 0.102. The second kappa shape index (κ2) is 7.10.